The van der Waals surface area contributed by atoms with Gasteiger partial charge in [-0.1, -0.05) is 42.1 Å². The van der Waals surface area contributed by atoms with Crippen LogP contribution < -0.4 is 5.32 Å². The molecule has 0 fully saturated rings. The number of hydrogen-bond donors (Lipinski definition) is 2. The molecule has 134 valence electrons. The van der Waals surface area contributed by atoms with Gasteiger partial charge in [0.25, 0.3) is 0 Å². The fourth-order valence-corrected chi connectivity index (χ4v) is 3.13. The minimum atomic E-state index is -0.920. The number of amides is 1. The molecule has 1 heterocycles. The molecule has 0 saturated carbocycles. The topological polar surface area (TPSA) is 97.1 Å². The van der Waals surface area contributed by atoms with Gasteiger partial charge < -0.3 is 15.0 Å². The second-order valence-electron chi connectivity index (χ2n) is 5.93. The summed E-state index contributed by atoms with van der Waals surface area (Å²) in [7, 11) is 0. The van der Waals surface area contributed by atoms with Gasteiger partial charge in [-0.25, -0.2) is 0 Å². The number of aliphatic carboxylic acids is 1. The van der Waals surface area contributed by atoms with Gasteiger partial charge in [0.15, 0.2) is 5.16 Å². The van der Waals surface area contributed by atoms with Crippen molar-refractivity contribution in [1.29, 1.82) is 0 Å². The maximum Gasteiger partial charge on any atom is 0.308 e. The van der Waals surface area contributed by atoms with Crippen molar-refractivity contribution in [2.24, 2.45) is 5.92 Å². The van der Waals surface area contributed by atoms with Gasteiger partial charge in [-0.3, -0.25) is 9.59 Å². The largest absolute Gasteiger partial charge is 0.481 e. The third kappa shape index (κ3) is 5.90. The van der Waals surface area contributed by atoms with Crippen LogP contribution in [-0.2, 0) is 16.0 Å². The summed E-state index contributed by atoms with van der Waals surface area (Å²) in [4.78, 5) is 23.4. The lowest BCUT2D eigenvalue weighted by atomic mass is 9.99. The summed E-state index contributed by atoms with van der Waals surface area (Å²) in [5, 5.41) is 20.6. The highest BCUT2D eigenvalue weighted by Crippen LogP contribution is 2.18. The lowest BCUT2D eigenvalue weighted by molar-refractivity contribution is -0.141. The van der Waals surface area contributed by atoms with Crippen LogP contribution in [0.4, 0.5) is 0 Å². The molecule has 1 amide bonds. The number of carboxylic acid groups (broad SMARTS) is 1. The van der Waals surface area contributed by atoms with Crippen molar-refractivity contribution in [3.8, 4) is 0 Å². The quantitative estimate of drug-likeness (QED) is 0.662. The Balaban J connectivity index is 1.82. The van der Waals surface area contributed by atoms with Crippen LogP contribution in [-0.4, -0.2) is 44.0 Å². The van der Waals surface area contributed by atoms with E-state index in [4.69, 9.17) is 0 Å². The highest BCUT2D eigenvalue weighted by atomic mass is 32.2. The SMILES string of the molecule is CC(C)n1cnnc1SCC(=O)NCC(Cc1ccccc1)C(=O)O. The predicted molar refractivity (Wildman–Crippen MR) is 95.4 cm³/mol. The van der Waals surface area contributed by atoms with Crippen LogP contribution in [0.25, 0.3) is 0 Å². The van der Waals surface area contributed by atoms with E-state index in [0.29, 0.717) is 11.6 Å². The van der Waals surface area contributed by atoms with Gasteiger partial charge in [-0.2, -0.15) is 0 Å². The first kappa shape index (κ1) is 19.0. The molecule has 0 spiro atoms. The summed E-state index contributed by atoms with van der Waals surface area (Å²) in [5.41, 5.74) is 0.934. The van der Waals surface area contributed by atoms with E-state index in [1.807, 2.05) is 48.7 Å². The summed E-state index contributed by atoms with van der Waals surface area (Å²) in [6.45, 7) is 4.11. The van der Waals surface area contributed by atoms with E-state index in [2.05, 4.69) is 15.5 Å². The van der Waals surface area contributed by atoms with E-state index < -0.39 is 11.9 Å². The third-order valence-corrected chi connectivity index (χ3v) is 4.61. The first-order valence-electron chi connectivity index (χ1n) is 8.03. The second kappa shape index (κ2) is 9.22. The summed E-state index contributed by atoms with van der Waals surface area (Å²) in [6, 6.07) is 9.60. The van der Waals surface area contributed by atoms with Crippen molar-refractivity contribution >= 4 is 23.6 Å². The smallest absolute Gasteiger partial charge is 0.308 e. The molecule has 0 aliphatic heterocycles. The number of aromatic nitrogens is 3. The first-order valence-corrected chi connectivity index (χ1v) is 9.01. The van der Waals surface area contributed by atoms with E-state index in [1.165, 1.54) is 11.8 Å². The summed E-state index contributed by atoms with van der Waals surface area (Å²) in [6.07, 6.45) is 2.01. The molecule has 1 unspecified atom stereocenters. The van der Waals surface area contributed by atoms with Gasteiger partial charge in [-0.15, -0.1) is 10.2 Å². The van der Waals surface area contributed by atoms with E-state index in [0.717, 1.165) is 5.56 Å². The fourth-order valence-electron chi connectivity index (χ4n) is 2.25. The zero-order valence-corrected chi connectivity index (χ0v) is 15.1. The number of thioether (sulfide) groups is 1. The maximum atomic E-state index is 12.0. The van der Waals surface area contributed by atoms with Crippen LogP contribution in [0.3, 0.4) is 0 Å². The number of nitrogens with zero attached hydrogens (tertiary/aromatic N) is 3. The number of benzene rings is 1. The predicted octanol–water partition coefficient (Wildman–Crippen LogP) is 2.01. The molecular formula is C17H22N4O3S. The molecule has 0 bridgehead atoms. The van der Waals surface area contributed by atoms with Gasteiger partial charge in [-0.05, 0) is 25.8 Å². The molecule has 0 radical (unpaired) electrons. The molecule has 0 aliphatic carbocycles. The minimum Gasteiger partial charge on any atom is -0.481 e. The van der Waals surface area contributed by atoms with E-state index in [1.54, 1.807) is 6.33 Å². The summed E-state index contributed by atoms with van der Waals surface area (Å²) >= 11 is 1.28. The summed E-state index contributed by atoms with van der Waals surface area (Å²) < 4.78 is 1.88. The molecule has 1 aromatic heterocycles. The van der Waals surface area contributed by atoms with E-state index in [9.17, 15) is 14.7 Å². The van der Waals surface area contributed by atoms with Crippen LogP contribution in [0.15, 0.2) is 41.8 Å². The molecule has 2 rings (SSSR count). The number of carboxylic acids is 1. The van der Waals surface area contributed by atoms with Crippen LogP contribution in [0, 0.1) is 5.92 Å². The molecular weight excluding hydrogens is 340 g/mol. The Morgan fingerprint density at radius 2 is 2.00 bits per heavy atom. The molecule has 7 nitrogen and oxygen atoms in total. The second-order valence-corrected chi connectivity index (χ2v) is 6.87. The molecule has 0 aliphatic rings. The van der Waals surface area contributed by atoms with Crippen molar-refractivity contribution in [3.05, 3.63) is 42.2 Å². The van der Waals surface area contributed by atoms with Gasteiger partial charge >= 0.3 is 5.97 Å². The first-order chi connectivity index (χ1) is 12.0. The van der Waals surface area contributed by atoms with Gasteiger partial charge in [0.1, 0.15) is 6.33 Å². The lowest BCUT2D eigenvalue weighted by Gasteiger charge is -2.14. The molecule has 8 heteroatoms. The van der Waals surface area contributed by atoms with Gasteiger partial charge in [0.2, 0.25) is 5.91 Å². The van der Waals surface area contributed by atoms with Gasteiger partial charge in [0, 0.05) is 12.6 Å². The summed E-state index contributed by atoms with van der Waals surface area (Å²) in [5.74, 6) is -1.63. The molecule has 1 atom stereocenters. The minimum absolute atomic E-state index is 0.0977. The number of hydrogen-bond acceptors (Lipinski definition) is 5. The average Bonchev–Trinajstić information content (AvgIpc) is 3.06. The van der Waals surface area contributed by atoms with Gasteiger partial charge in [0.05, 0.1) is 11.7 Å². The van der Waals surface area contributed by atoms with Crippen LogP contribution in [0.1, 0.15) is 25.5 Å². The number of nitrogens with one attached hydrogen (secondary N) is 1. The van der Waals surface area contributed by atoms with Crippen LogP contribution in [0.5, 0.6) is 0 Å². The van der Waals surface area contributed by atoms with Crippen molar-refractivity contribution in [3.63, 3.8) is 0 Å². The van der Waals surface area contributed by atoms with Crippen molar-refractivity contribution in [2.45, 2.75) is 31.5 Å². The lowest BCUT2D eigenvalue weighted by Crippen LogP contribution is -2.35. The average molecular weight is 362 g/mol. The highest BCUT2D eigenvalue weighted by Gasteiger charge is 2.19. The van der Waals surface area contributed by atoms with Crippen molar-refractivity contribution in [2.75, 3.05) is 12.3 Å². The molecule has 25 heavy (non-hydrogen) atoms. The van der Waals surface area contributed by atoms with Crippen LogP contribution >= 0.6 is 11.8 Å². The van der Waals surface area contributed by atoms with Crippen molar-refractivity contribution < 1.29 is 14.7 Å². The monoisotopic (exact) mass is 362 g/mol. The number of carbonyl (C=O) groups excluding carboxylic acids is 1. The Morgan fingerprint density at radius 1 is 1.28 bits per heavy atom. The van der Waals surface area contributed by atoms with Crippen LogP contribution in [0.2, 0.25) is 0 Å². The highest BCUT2D eigenvalue weighted by molar-refractivity contribution is 7.99. The number of rotatable bonds is 9. The Labute approximate surface area is 150 Å². The Hall–Kier alpha value is -2.35. The zero-order chi connectivity index (χ0) is 18.2. The van der Waals surface area contributed by atoms with Crippen molar-refractivity contribution in [1.82, 2.24) is 20.1 Å². The van der Waals surface area contributed by atoms with E-state index >= 15 is 0 Å². The number of carbonyl (C=O) groups is 2. The fraction of sp³-hybridized carbons (Fsp3) is 0.412. The Bertz CT molecular complexity index is 703. The van der Waals surface area contributed by atoms with E-state index in [-0.39, 0.29) is 24.2 Å². The third-order valence-electron chi connectivity index (χ3n) is 3.65. The molecule has 1 aromatic carbocycles. The maximum absolute atomic E-state index is 12.0. The Kier molecular flexibility index (Phi) is 7.00. The zero-order valence-electron chi connectivity index (χ0n) is 14.3. The molecule has 2 aromatic rings. The Morgan fingerprint density at radius 3 is 2.64 bits per heavy atom. The molecule has 2 N–H and O–H groups in total. The normalized spacial score (nSPS) is 12.1. The standard InChI is InChI=1S/C17H22N4O3S/c1-12(2)21-11-19-20-17(21)25-10-15(22)18-9-14(16(23)24)8-13-6-4-3-5-7-13/h3-7,11-12,14H,8-10H2,1-2H3,(H,18,22)(H,23,24). The molecule has 0 saturated heterocycles.